The van der Waals surface area contributed by atoms with Crippen molar-refractivity contribution in [2.45, 2.75) is 38.0 Å². The standard InChI is InChI=1S/C15H17NO4/c1-10-9-19-14(18)15(12-6-4-3-5-7-12)8-13(11(2)17)20-16(10)15/h3-7,10,13H,8-9H2,1-2H3/t10-,13+,15-/m0/s1. The van der Waals surface area contributed by atoms with Crippen LogP contribution in [-0.2, 0) is 24.7 Å². The third-order valence-corrected chi connectivity index (χ3v) is 4.00. The van der Waals surface area contributed by atoms with Crippen LogP contribution in [0.15, 0.2) is 30.3 Å². The number of nitrogens with zero attached hydrogens (tertiary/aromatic N) is 1. The first-order valence-electron chi connectivity index (χ1n) is 6.75. The van der Waals surface area contributed by atoms with Gasteiger partial charge in [-0.15, -0.1) is 0 Å². The van der Waals surface area contributed by atoms with Crippen molar-refractivity contribution in [1.29, 1.82) is 0 Å². The molecule has 0 unspecified atom stereocenters. The van der Waals surface area contributed by atoms with E-state index in [1.165, 1.54) is 6.92 Å². The first-order valence-corrected chi connectivity index (χ1v) is 6.75. The van der Waals surface area contributed by atoms with Gasteiger partial charge in [-0.3, -0.25) is 9.63 Å². The van der Waals surface area contributed by atoms with Crippen molar-refractivity contribution in [2.24, 2.45) is 0 Å². The van der Waals surface area contributed by atoms with Crippen LogP contribution in [0.5, 0.6) is 0 Å². The van der Waals surface area contributed by atoms with Gasteiger partial charge >= 0.3 is 5.97 Å². The van der Waals surface area contributed by atoms with E-state index in [1.54, 1.807) is 5.06 Å². The average molecular weight is 275 g/mol. The van der Waals surface area contributed by atoms with E-state index >= 15 is 0 Å². The smallest absolute Gasteiger partial charge is 0.333 e. The fourth-order valence-electron chi connectivity index (χ4n) is 2.95. The van der Waals surface area contributed by atoms with Gasteiger partial charge in [0.25, 0.3) is 0 Å². The molecule has 2 heterocycles. The molecule has 5 nitrogen and oxygen atoms in total. The van der Waals surface area contributed by atoms with Gasteiger partial charge in [0.2, 0.25) is 0 Å². The average Bonchev–Trinajstić information content (AvgIpc) is 2.87. The van der Waals surface area contributed by atoms with Gasteiger partial charge in [-0.2, -0.15) is 5.06 Å². The Hall–Kier alpha value is -1.72. The molecule has 0 saturated carbocycles. The van der Waals surface area contributed by atoms with Gasteiger partial charge < -0.3 is 4.74 Å². The second-order valence-electron chi connectivity index (χ2n) is 5.41. The summed E-state index contributed by atoms with van der Waals surface area (Å²) < 4.78 is 5.32. The molecule has 2 aliphatic heterocycles. The summed E-state index contributed by atoms with van der Waals surface area (Å²) in [4.78, 5) is 29.9. The molecule has 0 spiro atoms. The molecule has 106 valence electrons. The topological polar surface area (TPSA) is 55.8 Å². The number of ketones is 1. The molecule has 3 atom stereocenters. The number of carbonyl (C=O) groups excluding carboxylic acids is 2. The lowest BCUT2D eigenvalue weighted by atomic mass is 9.83. The summed E-state index contributed by atoms with van der Waals surface area (Å²) in [6.45, 7) is 3.68. The molecule has 0 amide bonds. The van der Waals surface area contributed by atoms with E-state index in [4.69, 9.17) is 9.57 Å². The zero-order chi connectivity index (χ0) is 14.3. The largest absolute Gasteiger partial charge is 0.462 e. The highest BCUT2D eigenvalue weighted by atomic mass is 16.7. The molecule has 0 aromatic heterocycles. The third-order valence-electron chi connectivity index (χ3n) is 4.00. The number of hydrogen-bond donors (Lipinski definition) is 0. The highest BCUT2D eigenvalue weighted by Crippen LogP contribution is 2.45. The molecule has 0 bridgehead atoms. The minimum absolute atomic E-state index is 0.0743. The summed E-state index contributed by atoms with van der Waals surface area (Å²) in [5.41, 5.74) is -0.199. The lowest BCUT2D eigenvalue weighted by Gasteiger charge is -2.41. The van der Waals surface area contributed by atoms with Crippen LogP contribution in [-0.4, -0.2) is 35.6 Å². The van der Waals surface area contributed by atoms with Gasteiger partial charge in [0, 0.05) is 6.42 Å². The van der Waals surface area contributed by atoms with Gasteiger partial charge in [-0.05, 0) is 19.4 Å². The first kappa shape index (κ1) is 13.3. The van der Waals surface area contributed by atoms with Crippen molar-refractivity contribution in [3.05, 3.63) is 35.9 Å². The number of fused-ring (bicyclic) bond motifs is 1. The quantitative estimate of drug-likeness (QED) is 0.764. The van der Waals surface area contributed by atoms with E-state index in [9.17, 15) is 9.59 Å². The zero-order valence-corrected chi connectivity index (χ0v) is 11.5. The van der Waals surface area contributed by atoms with E-state index in [0.29, 0.717) is 6.42 Å². The minimum Gasteiger partial charge on any atom is -0.462 e. The number of hydrogen-bond acceptors (Lipinski definition) is 5. The Labute approximate surface area is 117 Å². The molecule has 3 rings (SSSR count). The Balaban J connectivity index is 2.10. The van der Waals surface area contributed by atoms with Gasteiger partial charge in [0.15, 0.2) is 11.3 Å². The van der Waals surface area contributed by atoms with Crippen LogP contribution in [0.2, 0.25) is 0 Å². The number of carbonyl (C=O) groups is 2. The number of ether oxygens (including phenoxy) is 1. The van der Waals surface area contributed by atoms with Crippen LogP contribution in [0.25, 0.3) is 0 Å². The van der Waals surface area contributed by atoms with Crippen molar-refractivity contribution < 1.29 is 19.2 Å². The Morgan fingerprint density at radius 2 is 2.05 bits per heavy atom. The van der Waals surface area contributed by atoms with Crippen LogP contribution >= 0.6 is 0 Å². The van der Waals surface area contributed by atoms with E-state index in [1.807, 2.05) is 37.3 Å². The number of rotatable bonds is 2. The fraction of sp³-hybridized carbons (Fsp3) is 0.467. The lowest BCUT2D eigenvalue weighted by molar-refractivity contribution is -0.246. The number of Topliss-reactive ketones (excluding diaryl/α,β-unsaturated/α-hetero) is 1. The van der Waals surface area contributed by atoms with Crippen molar-refractivity contribution in [2.75, 3.05) is 6.61 Å². The molecule has 2 aliphatic rings. The second kappa shape index (κ2) is 4.68. The van der Waals surface area contributed by atoms with Gasteiger partial charge in [-0.1, -0.05) is 30.3 Å². The van der Waals surface area contributed by atoms with E-state index < -0.39 is 11.6 Å². The molecule has 2 saturated heterocycles. The van der Waals surface area contributed by atoms with Crippen LogP contribution in [0.1, 0.15) is 25.8 Å². The predicted molar refractivity (Wildman–Crippen MR) is 70.6 cm³/mol. The normalized spacial score (nSPS) is 33.6. The Morgan fingerprint density at radius 1 is 1.35 bits per heavy atom. The lowest BCUT2D eigenvalue weighted by Crippen LogP contribution is -2.57. The molecular weight excluding hydrogens is 258 g/mol. The Bertz CT molecular complexity index is 544. The van der Waals surface area contributed by atoms with Crippen LogP contribution in [0.4, 0.5) is 0 Å². The summed E-state index contributed by atoms with van der Waals surface area (Å²) in [5.74, 6) is -0.416. The minimum atomic E-state index is -1.00. The highest BCUT2D eigenvalue weighted by molar-refractivity contribution is 5.87. The van der Waals surface area contributed by atoms with Crippen molar-refractivity contribution >= 4 is 11.8 Å². The monoisotopic (exact) mass is 275 g/mol. The maximum absolute atomic E-state index is 12.5. The number of benzene rings is 1. The van der Waals surface area contributed by atoms with E-state index in [0.717, 1.165) is 5.56 Å². The number of cyclic esters (lactones) is 1. The second-order valence-corrected chi connectivity index (χ2v) is 5.41. The highest BCUT2D eigenvalue weighted by Gasteiger charge is 2.60. The summed E-state index contributed by atoms with van der Waals surface area (Å²) in [7, 11) is 0. The first-order chi connectivity index (χ1) is 9.55. The van der Waals surface area contributed by atoms with E-state index in [2.05, 4.69) is 0 Å². The van der Waals surface area contributed by atoms with Crippen LogP contribution in [0.3, 0.4) is 0 Å². The zero-order valence-electron chi connectivity index (χ0n) is 11.5. The number of esters is 1. The number of hydroxylamine groups is 2. The Morgan fingerprint density at radius 3 is 2.70 bits per heavy atom. The molecule has 2 fully saturated rings. The van der Waals surface area contributed by atoms with Crippen molar-refractivity contribution in [1.82, 2.24) is 5.06 Å². The molecule has 1 aromatic rings. The molecule has 0 N–H and O–H groups in total. The maximum atomic E-state index is 12.5. The van der Waals surface area contributed by atoms with Crippen LogP contribution in [0, 0.1) is 0 Å². The van der Waals surface area contributed by atoms with Crippen molar-refractivity contribution in [3.63, 3.8) is 0 Å². The molecule has 20 heavy (non-hydrogen) atoms. The summed E-state index contributed by atoms with van der Waals surface area (Å²) in [6, 6.07) is 9.29. The van der Waals surface area contributed by atoms with Gasteiger partial charge in [0.1, 0.15) is 12.7 Å². The fourth-order valence-corrected chi connectivity index (χ4v) is 2.95. The van der Waals surface area contributed by atoms with Gasteiger partial charge in [0.05, 0.1) is 6.04 Å². The SMILES string of the molecule is CC(=O)[C@H]1C[C@]2(c3ccccc3)C(=O)OC[C@H](C)N2O1. The molecule has 5 heteroatoms. The molecule has 0 aliphatic carbocycles. The number of morpholine rings is 1. The third kappa shape index (κ3) is 1.77. The molecular formula is C15H17NO4. The summed E-state index contributed by atoms with van der Waals surface area (Å²) >= 11 is 0. The Kier molecular flexibility index (Phi) is 3.11. The van der Waals surface area contributed by atoms with E-state index in [-0.39, 0.29) is 24.4 Å². The van der Waals surface area contributed by atoms with Crippen molar-refractivity contribution in [3.8, 4) is 0 Å². The predicted octanol–water partition coefficient (Wildman–Crippen LogP) is 1.42. The van der Waals surface area contributed by atoms with Crippen LogP contribution < -0.4 is 0 Å². The summed E-state index contributed by atoms with van der Waals surface area (Å²) in [6.07, 6.45) is -0.293. The van der Waals surface area contributed by atoms with Gasteiger partial charge in [-0.25, -0.2) is 4.79 Å². The molecule has 1 aromatic carbocycles. The maximum Gasteiger partial charge on any atom is 0.333 e. The molecule has 0 radical (unpaired) electrons. The summed E-state index contributed by atoms with van der Waals surface area (Å²) in [5, 5.41) is 1.65.